The predicted molar refractivity (Wildman–Crippen MR) is 111 cm³/mol. The van der Waals surface area contributed by atoms with E-state index in [-0.39, 0.29) is 18.5 Å². The van der Waals surface area contributed by atoms with Gasteiger partial charge in [-0.3, -0.25) is 14.2 Å². The van der Waals surface area contributed by atoms with Crippen molar-refractivity contribution in [3.63, 3.8) is 0 Å². The van der Waals surface area contributed by atoms with E-state index in [2.05, 4.69) is 0 Å². The van der Waals surface area contributed by atoms with Gasteiger partial charge in [0.05, 0.1) is 5.39 Å². The van der Waals surface area contributed by atoms with E-state index in [4.69, 9.17) is 10.7 Å². The number of benzene rings is 1. The van der Waals surface area contributed by atoms with Gasteiger partial charge in [-0.1, -0.05) is 36.4 Å². The lowest BCUT2D eigenvalue weighted by molar-refractivity contribution is -0.118. The van der Waals surface area contributed by atoms with Gasteiger partial charge < -0.3 is 5.73 Å². The van der Waals surface area contributed by atoms with Crippen LogP contribution in [0.4, 0.5) is 0 Å². The number of aromatic nitrogens is 2. The molecule has 0 unspecified atom stereocenters. The Labute approximate surface area is 163 Å². The van der Waals surface area contributed by atoms with Gasteiger partial charge in [0.25, 0.3) is 5.56 Å². The molecule has 3 heterocycles. The van der Waals surface area contributed by atoms with Crippen molar-refractivity contribution < 1.29 is 4.79 Å². The zero-order chi connectivity index (χ0) is 19.0. The molecule has 0 aliphatic rings. The largest absolute Gasteiger partial charge is 0.370 e. The van der Waals surface area contributed by atoms with Crippen molar-refractivity contribution >= 4 is 38.8 Å². The van der Waals surface area contributed by atoms with Crippen LogP contribution in [0.2, 0.25) is 0 Å². The first kappa shape index (κ1) is 17.6. The quantitative estimate of drug-likeness (QED) is 0.554. The maximum atomic E-state index is 13.4. The summed E-state index contributed by atoms with van der Waals surface area (Å²) in [5.41, 5.74) is 6.98. The van der Waals surface area contributed by atoms with Crippen LogP contribution in [-0.2, 0) is 11.3 Å². The minimum atomic E-state index is -0.444. The molecule has 4 rings (SSSR count). The van der Waals surface area contributed by atoms with Crippen LogP contribution >= 0.6 is 22.7 Å². The van der Waals surface area contributed by atoms with Crippen LogP contribution in [0.3, 0.4) is 0 Å². The fourth-order valence-corrected chi connectivity index (χ4v) is 5.08. The van der Waals surface area contributed by atoms with Gasteiger partial charge in [0, 0.05) is 33.8 Å². The van der Waals surface area contributed by atoms with Crippen molar-refractivity contribution in [2.24, 2.45) is 5.73 Å². The average Bonchev–Trinajstić information content (AvgIpc) is 3.28. The molecule has 27 heavy (non-hydrogen) atoms. The summed E-state index contributed by atoms with van der Waals surface area (Å²) in [7, 11) is 0. The van der Waals surface area contributed by atoms with E-state index < -0.39 is 5.91 Å². The Kier molecular flexibility index (Phi) is 4.63. The fraction of sp³-hybridized carbons (Fsp3) is 0.150. The first-order valence-corrected chi connectivity index (χ1v) is 10.2. The van der Waals surface area contributed by atoms with E-state index in [0.717, 1.165) is 25.7 Å². The van der Waals surface area contributed by atoms with Crippen LogP contribution in [0.25, 0.3) is 32.0 Å². The van der Waals surface area contributed by atoms with E-state index in [9.17, 15) is 9.59 Å². The van der Waals surface area contributed by atoms with E-state index in [1.807, 2.05) is 54.8 Å². The molecule has 0 radical (unpaired) electrons. The Morgan fingerprint density at radius 1 is 1.19 bits per heavy atom. The highest BCUT2D eigenvalue weighted by molar-refractivity contribution is 7.20. The lowest BCUT2D eigenvalue weighted by Crippen LogP contribution is -2.26. The molecular formula is C20H17N3O2S2. The first-order valence-electron chi connectivity index (χ1n) is 8.48. The highest BCUT2D eigenvalue weighted by Crippen LogP contribution is 2.38. The molecule has 0 saturated carbocycles. The number of carbonyl (C=O) groups is 1. The smallest absolute Gasteiger partial charge is 0.263 e. The van der Waals surface area contributed by atoms with Crippen molar-refractivity contribution in [2.75, 3.05) is 0 Å². The third-order valence-corrected chi connectivity index (χ3v) is 6.26. The fourth-order valence-electron chi connectivity index (χ4n) is 3.15. The Morgan fingerprint density at radius 3 is 2.63 bits per heavy atom. The number of fused-ring (bicyclic) bond motifs is 1. The van der Waals surface area contributed by atoms with Crippen molar-refractivity contribution in [1.29, 1.82) is 0 Å². The van der Waals surface area contributed by atoms with Crippen molar-refractivity contribution in [1.82, 2.24) is 9.55 Å². The average molecular weight is 396 g/mol. The molecule has 0 spiro atoms. The number of hydrogen-bond donors (Lipinski definition) is 1. The summed E-state index contributed by atoms with van der Waals surface area (Å²) in [5, 5.41) is 2.61. The topological polar surface area (TPSA) is 78.0 Å². The minimum Gasteiger partial charge on any atom is -0.370 e. The summed E-state index contributed by atoms with van der Waals surface area (Å²) in [5.74, 6) is 0.120. The SMILES string of the molecule is Cc1sc2nc(-c3ccccc3)n(CCC(N)=O)c(=O)c2c1-c1cccs1. The zero-order valence-electron chi connectivity index (χ0n) is 14.6. The Bertz CT molecular complexity index is 1180. The normalized spacial score (nSPS) is 11.1. The summed E-state index contributed by atoms with van der Waals surface area (Å²) in [6.07, 6.45) is 0.0877. The van der Waals surface area contributed by atoms with Crippen LogP contribution in [0, 0.1) is 6.92 Å². The second-order valence-electron chi connectivity index (χ2n) is 6.17. The maximum absolute atomic E-state index is 13.4. The summed E-state index contributed by atoms with van der Waals surface area (Å²) >= 11 is 3.12. The van der Waals surface area contributed by atoms with Crippen LogP contribution < -0.4 is 11.3 Å². The Hall–Kier alpha value is -2.77. The molecule has 0 saturated heterocycles. The second kappa shape index (κ2) is 7.09. The number of hydrogen-bond acceptors (Lipinski definition) is 5. The zero-order valence-corrected chi connectivity index (χ0v) is 16.3. The summed E-state index contributed by atoms with van der Waals surface area (Å²) in [6, 6.07) is 13.5. The molecule has 3 aromatic heterocycles. The lowest BCUT2D eigenvalue weighted by Gasteiger charge is -2.12. The van der Waals surface area contributed by atoms with Crippen LogP contribution in [0.1, 0.15) is 11.3 Å². The molecule has 0 atom stereocenters. The van der Waals surface area contributed by atoms with Gasteiger partial charge in [-0.15, -0.1) is 22.7 Å². The molecule has 0 aliphatic heterocycles. The number of thiophene rings is 2. The van der Waals surface area contributed by atoms with Gasteiger partial charge in [0.1, 0.15) is 10.7 Å². The molecule has 0 fully saturated rings. The van der Waals surface area contributed by atoms with E-state index in [0.29, 0.717) is 11.2 Å². The van der Waals surface area contributed by atoms with Crippen LogP contribution in [-0.4, -0.2) is 15.5 Å². The van der Waals surface area contributed by atoms with Gasteiger partial charge in [0.15, 0.2) is 0 Å². The van der Waals surface area contributed by atoms with Crippen molar-refractivity contribution in [3.05, 3.63) is 63.1 Å². The maximum Gasteiger partial charge on any atom is 0.263 e. The number of primary amides is 1. The molecular weight excluding hydrogens is 378 g/mol. The summed E-state index contributed by atoms with van der Waals surface area (Å²) in [6.45, 7) is 2.22. The van der Waals surface area contributed by atoms with E-state index in [1.54, 1.807) is 15.9 Å². The Morgan fingerprint density at radius 2 is 1.96 bits per heavy atom. The summed E-state index contributed by atoms with van der Waals surface area (Å²) in [4.78, 5) is 32.4. The predicted octanol–water partition coefficient (Wildman–Crippen LogP) is 4.04. The third kappa shape index (κ3) is 3.20. The Balaban J connectivity index is 2.02. The van der Waals surface area contributed by atoms with Gasteiger partial charge in [-0.05, 0) is 18.4 Å². The molecule has 2 N–H and O–H groups in total. The van der Waals surface area contributed by atoms with Crippen molar-refractivity contribution in [2.45, 2.75) is 19.9 Å². The van der Waals surface area contributed by atoms with Crippen LogP contribution in [0.5, 0.6) is 0 Å². The standard InChI is InChI=1S/C20H17N3O2S2/c1-12-16(14-8-5-11-26-14)17-19(27-12)22-18(13-6-3-2-4-7-13)23(20(17)25)10-9-15(21)24/h2-8,11H,9-10H2,1H3,(H2,21,24). The number of amides is 1. The van der Waals surface area contributed by atoms with Gasteiger partial charge in [0.2, 0.25) is 5.91 Å². The molecule has 4 aromatic rings. The van der Waals surface area contributed by atoms with E-state index in [1.165, 1.54) is 11.3 Å². The minimum absolute atomic E-state index is 0.0877. The molecule has 1 amide bonds. The molecule has 5 nitrogen and oxygen atoms in total. The number of nitrogens with two attached hydrogens (primary N) is 1. The monoisotopic (exact) mass is 395 g/mol. The lowest BCUT2D eigenvalue weighted by atomic mass is 10.1. The molecule has 0 aliphatic carbocycles. The van der Waals surface area contributed by atoms with Gasteiger partial charge >= 0.3 is 0 Å². The molecule has 0 bridgehead atoms. The number of carbonyl (C=O) groups excluding carboxylic acids is 1. The molecule has 1 aromatic carbocycles. The third-order valence-electron chi connectivity index (χ3n) is 4.37. The van der Waals surface area contributed by atoms with Crippen molar-refractivity contribution in [3.8, 4) is 21.8 Å². The van der Waals surface area contributed by atoms with Crippen LogP contribution in [0.15, 0.2) is 52.6 Å². The number of rotatable bonds is 5. The first-order chi connectivity index (χ1) is 13.1. The van der Waals surface area contributed by atoms with Gasteiger partial charge in [-0.25, -0.2) is 4.98 Å². The second-order valence-corrected chi connectivity index (χ2v) is 8.32. The summed E-state index contributed by atoms with van der Waals surface area (Å²) < 4.78 is 1.58. The molecule has 7 heteroatoms. The van der Waals surface area contributed by atoms with Gasteiger partial charge in [-0.2, -0.15) is 0 Å². The number of aryl methyl sites for hydroxylation is 1. The van der Waals surface area contributed by atoms with E-state index >= 15 is 0 Å². The highest BCUT2D eigenvalue weighted by atomic mass is 32.1. The highest BCUT2D eigenvalue weighted by Gasteiger charge is 2.21. The molecule has 136 valence electrons. The number of nitrogens with zero attached hydrogens (tertiary/aromatic N) is 2.